The fraction of sp³-hybridized carbons (Fsp3) is 0.412. The van der Waals surface area contributed by atoms with Crippen LogP contribution >= 0.6 is 0 Å². The van der Waals surface area contributed by atoms with E-state index in [4.69, 9.17) is 0 Å². The van der Waals surface area contributed by atoms with Crippen molar-refractivity contribution >= 4 is 5.91 Å². The highest BCUT2D eigenvalue weighted by Gasteiger charge is 2.25. The minimum atomic E-state index is 0.110. The van der Waals surface area contributed by atoms with E-state index in [0.717, 1.165) is 30.5 Å². The van der Waals surface area contributed by atoms with Gasteiger partial charge in [-0.15, -0.1) is 0 Å². The van der Waals surface area contributed by atoms with Crippen molar-refractivity contribution in [2.45, 2.75) is 32.2 Å². The van der Waals surface area contributed by atoms with E-state index in [-0.39, 0.29) is 17.7 Å². The number of hydrogen-bond donors (Lipinski definition) is 1. The molecule has 1 fully saturated rings. The highest BCUT2D eigenvalue weighted by Crippen LogP contribution is 2.22. The molecule has 0 bridgehead atoms. The number of aromatic nitrogens is 2. The van der Waals surface area contributed by atoms with Crippen molar-refractivity contribution in [2.24, 2.45) is 0 Å². The van der Waals surface area contributed by atoms with E-state index in [0.29, 0.717) is 13.0 Å². The molecule has 1 saturated heterocycles. The molecule has 0 spiro atoms. The molecule has 1 aliphatic rings. The van der Waals surface area contributed by atoms with Crippen LogP contribution in [0, 0.1) is 6.92 Å². The van der Waals surface area contributed by atoms with Crippen LogP contribution in [0.5, 0.6) is 5.75 Å². The van der Waals surface area contributed by atoms with Crippen LogP contribution in [0.2, 0.25) is 0 Å². The number of hydrogen-bond acceptors (Lipinski definition) is 3. The first-order chi connectivity index (χ1) is 10.6. The monoisotopic (exact) mass is 299 g/mol. The number of phenols is 1. The summed E-state index contributed by atoms with van der Waals surface area (Å²) in [6, 6.07) is 7.16. The molecular weight excluding hydrogens is 278 g/mol. The number of amides is 1. The summed E-state index contributed by atoms with van der Waals surface area (Å²) in [7, 11) is 0. The van der Waals surface area contributed by atoms with E-state index in [1.54, 1.807) is 18.2 Å². The SMILES string of the molecule is Cc1cnn(C2CCCN(C(=O)Cc3cccc(O)c3)C2)c1. The van der Waals surface area contributed by atoms with Gasteiger partial charge in [-0.05, 0) is 43.0 Å². The number of carbonyl (C=O) groups is 1. The van der Waals surface area contributed by atoms with Gasteiger partial charge < -0.3 is 10.0 Å². The van der Waals surface area contributed by atoms with Gasteiger partial charge in [-0.3, -0.25) is 9.48 Å². The van der Waals surface area contributed by atoms with Gasteiger partial charge in [-0.1, -0.05) is 12.1 Å². The Hall–Kier alpha value is -2.30. The van der Waals surface area contributed by atoms with Gasteiger partial charge in [0.2, 0.25) is 5.91 Å². The molecule has 1 unspecified atom stereocenters. The summed E-state index contributed by atoms with van der Waals surface area (Å²) in [5.74, 6) is 0.313. The molecule has 1 amide bonds. The number of phenolic OH excluding ortho intramolecular Hbond substituents is 1. The molecule has 2 aromatic rings. The zero-order valence-corrected chi connectivity index (χ0v) is 12.8. The van der Waals surface area contributed by atoms with Crippen molar-refractivity contribution < 1.29 is 9.90 Å². The number of likely N-dealkylation sites (tertiary alicyclic amines) is 1. The predicted molar refractivity (Wildman–Crippen MR) is 83.6 cm³/mol. The minimum Gasteiger partial charge on any atom is -0.508 e. The van der Waals surface area contributed by atoms with Crippen LogP contribution < -0.4 is 0 Å². The van der Waals surface area contributed by atoms with Crippen molar-refractivity contribution in [2.75, 3.05) is 13.1 Å². The van der Waals surface area contributed by atoms with E-state index < -0.39 is 0 Å². The fourth-order valence-corrected chi connectivity index (χ4v) is 2.98. The molecule has 1 atom stereocenters. The van der Waals surface area contributed by atoms with Gasteiger partial charge >= 0.3 is 0 Å². The number of rotatable bonds is 3. The lowest BCUT2D eigenvalue weighted by Crippen LogP contribution is -2.41. The maximum Gasteiger partial charge on any atom is 0.227 e. The molecule has 0 aliphatic carbocycles. The van der Waals surface area contributed by atoms with Crippen molar-refractivity contribution in [3.05, 3.63) is 47.8 Å². The molecule has 3 rings (SSSR count). The van der Waals surface area contributed by atoms with Gasteiger partial charge in [0.1, 0.15) is 5.75 Å². The summed E-state index contributed by atoms with van der Waals surface area (Å²) >= 11 is 0. The molecule has 0 radical (unpaired) electrons. The van der Waals surface area contributed by atoms with Crippen LogP contribution in [-0.2, 0) is 11.2 Å². The van der Waals surface area contributed by atoms with Crippen LogP contribution in [0.4, 0.5) is 0 Å². The summed E-state index contributed by atoms with van der Waals surface area (Å²) in [6.07, 6.45) is 6.27. The lowest BCUT2D eigenvalue weighted by molar-refractivity contribution is -0.132. The van der Waals surface area contributed by atoms with E-state index in [9.17, 15) is 9.90 Å². The minimum absolute atomic E-state index is 0.110. The molecule has 5 nitrogen and oxygen atoms in total. The normalized spacial score (nSPS) is 18.4. The molecule has 1 aromatic heterocycles. The third-order valence-electron chi connectivity index (χ3n) is 4.12. The van der Waals surface area contributed by atoms with Gasteiger partial charge in [0, 0.05) is 19.3 Å². The number of nitrogens with zero attached hydrogens (tertiary/aromatic N) is 3. The van der Waals surface area contributed by atoms with Crippen LogP contribution in [0.15, 0.2) is 36.7 Å². The Labute approximate surface area is 130 Å². The van der Waals surface area contributed by atoms with Gasteiger partial charge in [0.25, 0.3) is 0 Å². The third kappa shape index (κ3) is 3.30. The second-order valence-corrected chi connectivity index (χ2v) is 5.98. The molecule has 0 saturated carbocycles. The lowest BCUT2D eigenvalue weighted by atomic mass is 10.0. The first-order valence-corrected chi connectivity index (χ1v) is 7.68. The Kier molecular flexibility index (Phi) is 4.13. The fourth-order valence-electron chi connectivity index (χ4n) is 2.98. The van der Waals surface area contributed by atoms with Crippen molar-refractivity contribution in [1.82, 2.24) is 14.7 Å². The Morgan fingerprint density at radius 2 is 2.32 bits per heavy atom. The third-order valence-corrected chi connectivity index (χ3v) is 4.12. The Bertz CT molecular complexity index is 665. The van der Waals surface area contributed by atoms with Crippen molar-refractivity contribution in [3.8, 4) is 5.75 Å². The highest BCUT2D eigenvalue weighted by molar-refractivity contribution is 5.79. The molecule has 1 N–H and O–H groups in total. The topological polar surface area (TPSA) is 58.4 Å². The average molecular weight is 299 g/mol. The second kappa shape index (κ2) is 6.22. The number of benzene rings is 1. The highest BCUT2D eigenvalue weighted by atomic mass is 16.3. The van der Waals surface area contributed by atoms with Crippen molar-refractivity contribution in [3.63, 3.8) is 0 Å². The summed E-state index contributed by atoms with van der Waals surface area (Å²) in [4.78, 5) is 14.4. The van der Waals surface area contributed by atoms with E-state index in [1.165, 1.54) is 0 Å². The average Bonchev–Trinajstić information content (AvgIpc) is 2.94. The van der Waals surface area contributed by atoms with Gasteiger partial charge in [0.05, 0.1) is 18.7 Å². The summed E-state index contributed by atoms with van der Waals surface area (Å²) in [6.45, 7) is 3.53. The molecule has 2 heterocycles. The quantitative estimate of drug-likeness (QED) is 0.946. The van der Waals surface area contributed by atoms with Gasteiger partial charge in [-0.2, -0.15) is 5.10 Å². The van der Waals surface area contributed by atoms with Crippen LogP contribution in [-0.4, -0.2) is 38.8 Å². The largest absolute Gasteiger partial charge is 0.508 e. The molecule has 5 heteroatoms. The molecule has 116 valence electrons. The second-order valence-electron chi connectivity index (χ2n) is 5.98. The van der Waals surface area contributed by atoms with E-state index in [1.807, 2.05) is 35.0 Å². The van der Waals surface area contributed by atoms with E-state index in [2.05, 4.69) is 5.10 Å². The molecule has 1 aromatic carbocycles. The lowest BCUT2D eigenvalue weighted by Gasteiger charge is -2.33. The van der Waals surface area contributed by atoms with Crippen molar-refractivity contribution in [1.29, 1.82) is 0 Å². The van der Waals surface area contributed by atoms with Crippen LogP contribution in [0.3, 0.4) is 0 Å². The van der Waals surface area contributed by atoms with E-state index >= 15 is 0 Å². The van der Waals surface area contributed by atoms with Gasteiger partial charge in [-0.25, -0.2) is 0 Å². The maximum absolute atomic E-state index is 12.5. The standard InChI is InChI=1S/C17H21N3O2/c1-13-10-18-20(11-13)15-5-3-7-19(12-15)17(22)9-14-4-2-6-16(21)8-14/h2,4,6,8,10-11,15,21H,3,5,7,9,12H2,1H3. The van der Waals surface area contributed by atoms with Crippen LogP contribution in [0.1, 0.15) is 30.0 Å². The number of piperidine rings is 1. The maximum atomic E-state index is 12.5. The smallest absolute Gasteiger partial charge is 0.227 e. The van der Waals surface area contributed by atoms with Gasteiger partial charge in [0.15, 0.2) is 0 Å². The summed E-state index contributed by atoms with van der Waals surface area (Å²) in [5.41, 5.74) is 1.99. The van der Waals surface area contributed by atoms with Crippen LogP contribution in [0.25, 0.3) is 0 Å². The predicted octanol–water partition coefficient (Wildman–Crippen LogP) is 2.30. The Morgan fingerprint density at radius 1 is 1.45 bits per heavy atom. The summed E-state index contributed by atoms with van der Waals surface area (Å²) in [5, 5.41) is 13.9. The number of aryl methyl sites for hydroxylation is 1. The zero-order valence-electron chi connectivity index (χ0n) is 12.8. The Balaban J connectivity index is 1.65. The Morgan fingerprint density at radius 3 is 3.05 bits per heavy atom. The molecule has 1 aliphatic heterocycles. The number of aromatic hydroxyl groups is 1. The first kappa shape index (κ1) is 14.6. The first-order valence-electron chi connectivity index (χ1n) is 7.68. The molecular formula is C17H21N3O2. The zero-order chi connectivity index (χ0) is 15.5. The molecule has 22 heavy (non-hydrogen) atoms. The number of carbonyl (C=O) groups excluding carboxylic acids is 1. The summed E-state index contributed by atoms with van der Waals surface area (Å²) < 4.78 is 1.98.